The van der Waals surface area contributed by atoms with E-state index in [2.05, 4.69) is 32.1 Å². The third-order valence-corrected chi connectivity index (χ3v) is 4.48. The number of piperazine rings is 1. The molecule has 22 heavy (non-hydrogen) atoms. The van der Waals surface area contributed by atoms with E-state index in [-0.39, 0.29) is 5.91 Å². The van der Waals surface area contributed by atoms with Crippen LogP contribution in [0.25, 0.3) is 0 Å². The predicted octanol–water partition coefficient (Wildman–Crippen LogP) is 1.58. The molecule has 6 nitrogen and oxygen atoms in total. The van der Waals surface area contributed by atoms with Crippen LogP contribution in [-0.4, -0.2) is 54.0 Å². The average Bonchev–Trinajstić information content (AvgIpc) is 3.27. The molecule has 1 aromatic heterocycles. The van der Waals surface area contributed by atoms with Gasteiger partial charge in [-0.2, -0.15) is 0 Å². The van der Waals surface area contributed by atoms with E-state index in [0.717, 1.165) is 49.2 Å². The number of anilines is 2. The number of carbonyl (C=O) groups excluding carboxylic acids is 1. The molecule has 120 valence electrons. The van der Waals surface area contributed by atoms with Crippen LogP contribution >= 0.6 is 0 Å². The summed E-state index contributed by atoms with van der Waals surface area (Å²) in [7, 11) is 2.13. The van der Waals surface area contributed by atoms with Crippen LogP contribution in [0, 0.1) is 19.8 Å². The van der Waals surface area contributed by atoms with Crippen molar-refractivity contribution in [2.75, 3.05) is 43.4 Å². The molecule has 1 N–H and O–H groups in total. The fourth-order valence-corrected chi connectivity index (χ4v) is 2.80. The highest BCUT2D eigenvalue weighted by atomic mass is 16.1. The summed E-state index contributed by atoms with van der Waals surface area (Å²) in [4.78, 5) is 25.8. The Hall–Kier alpha value is -1.69. The molecule has 0 atom stereocenters. The van der Waals surface area contributed by atoms with E-state index in [0.29, 0.717) is 12.3 Å². The molecule has 6 heteroatoms. The Morgan fingerprint density at radius 2 is 1.73 bits per heavy atom. The summed E-state index contributed by atoms with van der Waals surface area (Å²) in [6.45, 7) is 7.84. The largest absolute Gasteiger partial charge is 0.338 e. The first-order chi connectivity index (χ1) is 10.5. The van der Waals surface area contributed by atoms with Gasteiger partial charge in [0.05, 0.1) is 17.1 Å². The van der Waals surface area contributed by atoms with Crippen molar-refractivity contribution in [1.82, 2.24) is 14.9 Å². The Kier molecular flexibility index (Phi) is 4.29. The zero-order chi connectivity index (χ0) is 15.7. The van der Waals surface area contributed by atoms with E-state index in [4.69, 9.17) is 0 Å². The lowest BCUT2D eigenvalue weighted by Crippen LogP contribution is -2.45. The minimum absolute atomic E-state index is 0.0876. The quantitative estimate of drug-likeness (QED) is 0.915. The van der Waals surface area contributed by atoms with Gasteiger partial charge in [0.1, 0.15) is 0 Å². The van der Waals surface area contributed by atoms with Crippen molar-refractivity contribution in [3.05, 3.63) is 11.4 Å². The zero-order valence-corrected chi connectivity index (χ0v) is 13.7. The van der Waals surface area contributed by atoms with Gasteiger partial charge in [0, 0.05) is 32.6 Å². The fraction of sp³-hybridized carbons (Fsp3) is 0.688. The molecular weight excluding hydrogens is 278 g/mol. The van der Waals surface area contributed by atoms with Crippen molar-refractivity contribution in [3.8, 4) is 0 Å². The van der Waals surface area contributed by atoms with Crippen LogP contribution in [-0.2, 0) is 4.79 Å². The standard InChI is InChI=1S/C16H25N5O/c1-11-15(19-14(22)10-13-4-5-13)12(2)18-16(17-11)21-8-6-20(3)7-9-21/h13H,4-10H2,1-3H3,(H,19,22). The second-order valence-corrected chi connectivity index (χ2v) is 6.56. The summed E-state index contributed by atoms with van der Waals surface area (Å²) in [6.07, 6.45) is 2.99. The Balaban J connectivity index is 1.71. The van der Waals surface area contributed by atoms with Gasteiger partial charge in [-0.15, -0.1) is 0 Å². The van der Waals surface area contributed by atoms with Gasteiger partial charge in [-0.3, -0.25) is 4.79 Å². The van der Waals surface area contributed by atoms with E-state index in [1.54, 1.807) is 0 Å². The van der Waals surface area contributed by atoms with Crippen LogP contribution in [0.15, 0.2) is 0 Å². The Morgan fingerprint density at radius 1 is 1.14 bits per heavy atom. The lowest BCUT2D eigenvalue weighted by molar-refractivity contribution is -0.116. The van der Waals surface area contributed by atoms with Crippen LogP contribution < -0.4 is 10.2 Å². The third-order valence-electron chi connectivity index (χ3n) is 4.48. The molecule has 2 fully saturated rings. The number of amides is 1. The van der Waals surface area contributed by atoms with Gasteiger partial charge in [-0.1, -0.05) is 0 Å². The molecule has 1 saturated heterocycles. The summed E-state index contributed by atoms with van der Waals surface area (Å²) in [5.41, 5.74) is 2.49. The minimum Gasteiger partial charge on any atom is -0.338 e. The number of aromatic nitrogens is 2. The van der Waals surface area contributed by atoms with Gasteiger partial charge in [0.15, 0.2) is 0 Å². The van der Waals surface area contributed by atoms with Gasteiger partial charge in [-0.05, 0) is 39.7 Å². The monoisotopic (exact) mass is 303 g/mol. The molecule has 1 aliphatic carbocycles. The number of hydrogen-bond acceptors (Lipinski definition) is 5. The summed E-state index contributed by atoms with van der Waals surface area (Å²) in [5, 5.41) is 3.00. The Bertz CT molecular complexity index is 539. The normalized spacial score (nSPS) is 19.3. The molecule has 1 aromatic rings. The molecule has 1 saturated carbocycles. The highest BCUT2D eigenvalue weighted by molar-refractivity contribution is 5.92. The van der Waals surface area contributed by atoms with Crippen LogP contribution in [0.3, 0.4) is 0 Å². The van der Waals surface area contributed by atoms with E-state index in [1.807, 2.05) is 13.8 Å². The first-order valence-corrected chi connectivity index (χ1v) is 8.11. The second-order valence-electron chi connectivity index (χ2n) is 6.56. The maximum atomic E-state index is 12.0. The van der Waals surface area contributed by atoms with Gasteiger partial charge in [0.25, 0.3) is 0 Å². The number of carbonyl (C=O) groups is 1. The number of rotatable bonds is 4. The molecule has 0 spiro atoms. The van der Waals surface area contributed by atoms with Crippen molar-refractivity contribution in [1.29, 1.82) is 0 Å². The van der Waals surface area contributed by atoms with Crippen molar-refractivity contribution in [3.63, 3.8) is 0 Å². The van der Waals surface area contributed by atoms with Crippen LogP contribution in [0.1, 0.15) is 30.7 Å². The van der Waals surface area contributed by atoms with E-state index < -0.39 is 0 Å². The maximum Gasteiger partial charge on any atom is 0.225 e. The lowest BCUT2D eigenvalue weighted by atomic mass is 10.2. The summed E-state index contributed by atoms with van der Waals surface area (Å²) >= 11 is 0. The van der Waals surface area contributed by atoms with Crippen molar-refractivity contribution in [2.45, 2.75) is 33.1 Å². The molecule has 0 bridgehead atoms. The van der Waals surface area contributed by atoms with Crippen molar-refractivity contribution >= 4 is 17.5 Å². The van der Waals surface area contributed by atoms with E-state index in [1.165, 1.54) is 12.8 Å². The summed E-state index contributed by atoms with van der Waals surface area (Å²) in [5.74, 6) is 1.46. The zero-order valence-electron chi connectivity index (χ0n) is 13.7. The number of hydrogen-bond donors (Lipinski definition) is 1. The smallest absolute Gasteiger partial charge is 0.225 e. The molecule has 0 aromatic carbocycles. The maximum absolute atomic E-state index is 12.0. The van der Waals surface area contributed by atoms with Crippen LogP contribution in [0.4, 0.5) is 11.6 Å². The fourth-order valence-electron chi connectivity index (χ4n) is 2.80. The molecule has 1 aliphatic heterocycles. The minimum atomic E-state index is 0.0876. The van der Waals surface area contributed by atoms with Gasteiger partial charge in [-0.25, -0.2) is 9.97 Å². The van der Waals surface area contributed by atoms with Gasteiger partial charge in [0.2, 0.25) is 11.9 Å². The number of aryl methyl sites for hydroxylation is 2. The molecule has 0 unspecified atom stereocenters. The topological polar surface area (TPSA) is 61.4 Å². The first kappa shape index (κ1) is 15.2. The average molecular weight is 303 g/mol. The number of likely N-dealkylation sites (N-methyl/N-ethyl adjacent to an activating group) is 1. The SMILES string of the molecule is Cc1nc(N2CCN(C)CC2)nc(C)c1NC(=O)CC1CC1. The second kappa shape index (κ2) is 6.20. The predicted molar refractivity (Wildman–Crippen MR) is 87.2 cm³/mol. The molecule has 0 radical (unpaired) electrons. The lowest BCUT2D eigenvalue weighted by Gasteiger charge is -2.32. The third kappa shape index (κ3) is 3.55. The molecule has 3 rings (SSSR count). The Morgan fingerprint density at radius 3 is 2.27 bits per heavy atom. The summed E-state index contributed by atoms with van der Waals surface area (Å²) < 4.78 is 0. The highest BCUT2D eigenvalue weighted by Gasteiger charge is 2.25. The van der Waals surface area contributed by atoms with E-state index >= 15 is 0 Å². The molecule has 2 heterocycles. The number of nitrogens with one attached hydrogen (secondary N) is 1. The summed E-state index contributed by atoms with van der Waals surface area (Å²) in [6, 6.07) is 0. The van der Waals surface area contributed by atoms with Gasteiger partial charge < -0.3 is 15.1 Å². The molecule has 1 amide bonds. The first-order valence-electron chi connectivity index (χ1n) is 8.11. The molecule has 2 aliphatic rings. The van der Waals surface area contributed by atoms with Crippen molar-refractivity contribution in [2.24, 2.45) is 5.92 Å². The van der Waals surface area contributed by atoms with Gasteiger partial charge >= 0.3 is 0 Å². The van der Waals surface area contributed by atoms with Crippen molar-refractivity contribution < 1.29 is 4.79 Å². The highest BCUT2D eigenvalue weighted by Crippen LogP contribution is 2.33. The molecular formula is C16H25N5O. The number of nitrogens with zero attached hydrogens (tertiary/aromatic N) is 4. The van der Waals surface area contributed by atoms with Crippen LogP contribution in [0.5, 0.6) is 0 Å². The van der Waals surface area contributed by atoms with E-state index in [9.17, 15) is 4.79 Å². The Labute approximate surface area is 131 Å². The van der Waals surface area contributed by atoms with Crippen LogP contribution in [0.2, 0.25) is 0 Å².